The van der Waals surface area contributed by atoms with E-state index in [2.05, 4.69) is 22.0 Å². The van der Waals surface area contributed by atoms with E-state index in [-0.39, 0.29) is 28.6 Å². The average molecular weight is 369 g/mol. The van der Waals surface area contributed by atoms with E-state index in [0.29, 0.717) is 13.0 Å². The van der Waals surface area contributed by atoms with Crippen molar-refractivity contribution in [2.24, 2.45) is 11.1 Å². The molecule has 7 heteroatoms. The van der Waals surface area contributed by atoms with Crippen LogP contribution in [0.5, 0.6) is 0 Å². The third-order valence-electron chi connectivity index (χ3n) is 4.45. The second-order valence-electron chi connectivity index (χ2n) is 8.12. The van der Waals surface area contributed by atoms with Gasteiger partial charge < -0.3 is 21.7 Å². The summed E-state index contributed by atoms with van der Waals surface area (Å²) in [6.07, 6.45) is 5.50. The molecule has 150 valence electrons. The first kappa shape index (κ1) is 24.3. The van der Waals surface area contributed by atoms with Crippen LogP contribution in [0.25, 0.3) is 0 Å². The number of hydrogen-bond donors (Lipinski definition) is 4. The van der Waals surface area contributed by atoms with Gasteiger partial charge in [-0.05, 0) is 46.1 Å². The Morgan fingerprint density at radius 2 is 1.58 bits per heavy atom. The van der Waals surface area contributed by atoms with Gasteiger partial charge in [-0.2, -0.15) is 0 Å². The Morgan fingerprint density at radius 1 is 1.04 bits per heavy atom. The lowest BCUT2D eigenvalue weighted by molar-refractivity contribution is -0.128. The molecule has 0 heterocycles. The first-order valence-electron chi connectivity index (χ1n) is 8.96. The molecule has 7 nitrogen and oxygen atoms in total. The van der Waals surface area contributed by atoms with Crippen LogP contribution < -0.4 is 21.7 Å². The molecule has 0 aromatic heterocycles. The SMILES string of the molecule is CNC(CNC(C)(C)C/C=C\CC(C)(C)C(NC(C)=O)C(C)=O)C(N)=O. The lowest BCUT2D eigenvalue weighted by Gasteiger charge is -2.32. The van der Waals surface area contributed by atoms with Gasteiger partial charge in [-0.25, -0.2) is 0 Å². The van der Waals surface area contributed by atoms with E-state index < -0.39 is 12.1 Å². The van der Waals surface area contributed by atoms with E-state index in [1.165, 1.54) is 13.8 Å². The molecule has 0 radical (unpaired) electrons. The van der Waals surface area contributed by atoms with E-state index in [0.717, 1.165) is 6.42 Å². The van der Waals surface area contributed by atoms with Crippen LogP contribution in [-0.4, -0.2) is 48.8 Å². The maximum Gasteiger partial charge on any atom is 0.235 e. The van der Waals surface area contributed by atoms with Gasteiger partial charge >= 0.3 is 0 Å². The first-order chi connectivity index (χ1) is 11.8. The van der Waals surface area contributed by atoms with Crippen molar-refractivity contribution >= 4 is 17.6 Å². The Morgan fingerprint density at radius 3 is 2.00 bits per heavy atom. The predicted molar refractivity (Wildman–Crippen MR) is 105 cm³/mol. The fourth-order valence-electron chi connectivity index (χ4n) is 2.73. The van der Waals surface area contributed by atoms with E-state index in [1.807, 2.05) is 33.8 Å². The van der Waals surface area contributed by atoms with Crippen LogP contribution in [0.15, 0.2) is 12.2 Å². The molecule has 0 aliphatic rings. The molecule has 26 heavy (non-hydrogen) atoms. The van der Waals surface area contributed by atoms with Crippen molar-refractivity contribution in [1.82, 2.24) is 16.0 Å². The minimum atomic E-state index is -0.511. The van der Waals surface area contributed by atoms with Gasteiger partial charge in [0.1, 0.15) is 0 Å². The summed E-state index contributed by atoms with van der Waals surface area (Å²) in [6, 6.07) is -0.922. The van der Waals surface area contributed by atoms with Gasteiger partial charge in [0, 0.05) is 19.0 Å². The Labute approximate surface area is 157 Å². The van der Waals surface area contributed by atoms with E-state index in [9.17, 15) is 14.4 Å². The molecule has 2 atom stereocenters. The van der Waals surface area contributed by atoms with Crippen LogP contribution >= 0.6 is 0 Å². The maximum atomic E-state index is 11.9. The summed E-state index contributed by atoms with van der Waals surface area (Å²) in [5, 5.41) is 8.95. The van der Waals surface area contributed by atoms with Crippen LogP contribution in [0.1, 0.15) is 54.4 Å². The van der Waals surface area contributed by atoms with E-state index in [1.54, 1.807) is 7.05 Å². The number of amides is 2. The van der Waals surface area contributed by atoms with Crippen molar-refractivity contribution in [1.29, 1.82) is 0 Å². The van der Waals surface area contributed by atoms with Crippen LogP contribution in [0, 0.1) is 5.41 Å². The minimum absolute atomic E-state index is 0.0508. The summed E-state index contributed by atoms with van der Waals surface area (Å²) in [4.78, 5) is 34.5. The monoisotopic (exact) mass is 368 g/mol. The van der Waals surface area contributed by atoms with Gasteiger partial charge in [-0.3, -0.25) is 14.4 Å². The second-order valence-corrected chi connectivity index (χ2v) is 8.12. The summed E-state index contributed by atoms with van der Waals surface area (Å²) in [6.45, 7) is 11.4. The van der Waals surface area contributed by atoms with Crippen LogP contribution in [-0.2, 0) is 14.4 Å². The fourth-order valence-corrected chi connectivity index (χ4v) is 2.73. The van der Waals surface area contributed by atoms with Crippen LogP contribution in [0.3, 0.4) is 0 Å². The lowest BCUT2D eigenvalue weighted by atomic mass is 9.79. The summed E-state index contributed by atoms with van der Waals surface area (Å²) < 4.78 is 0. The summed E-state index contributed by atoms with van der Waals surface area (Å²) in [7, 11) is 1.70. The number of nitrogens with one attached hydrogen (secondary N) is 3. The highest BCUT2D eigenvalue weighted by atomic mass is 16.2. The number of hydrogen-bond acceptors (Lipinski definition) is 5. The fraction of sp³-hybridized carbons (Fsp3) is 0.737. The molecule has 0 fully saturated rings. The van der Waals surface area contributed by atoms with Gasteiger partial charge in [0.2, 0.25) is 11.8 Å². The zero-order valence-electron chi connectivity index (χ0n) is 17.2. The molecule has 0 aromatic carbocycles. The Kier molecular flexibility index (Phi) is 9.73. The maximum absolute atomic E-state index is 11.9. The third kappa shape index (κ3) is 9.10. The first-order valence-corrected chi connectivity index (χ1v) is 8.96. The zero-order chi connectivity index (χ0) is 20.5. The molecule has 2 amide bonds. The molecule has 0 bridgehead atoms. The normalized spacial score (nSPS) is 14.9. The predicted octanol–water partition coefficient (Wildman–Crippen LogP) is 0.884. The molecule has 0 aromatic rings. The van der Waals surface area contributed by atoms with Gasteiger partial charge in [0.15, 0.2) is 5.78 Å². The quantitative estimate of drug-likeness (QED) is 0.382. The molecule has 0 aliphatic carbocycles. The Bertz CT molecular complexity index is 527. The number of rotatable bonds is 12. The molecule has 0 rings (SSSR count). The topological polar surface area (TPSA) is 113 Å². The highest BCUT2D eigenvalue weighted by Gasteiger charge is 2.32. The molecule has 5 N–H and O–H groups in total. The summed E-state index contributed by atoms with van der Waals surface area (Å²) >= 11 is 0. The van der Waals surface area contributed by atoms with E-state index in [4.69, 9.17) is 5.73 Å². The molecular weight excluding hydrogens is 332 g/mol. The number of Topliss-reactive ketones (excluding diaryl/α,β-unsaturated/α-hetero) is 1. The minimum Gasteiger partial charge on any atom is -0.368 e. The number of likely N-dealkylation sites (N-methyl/N-ethyl adjacent to an activating group) is 1. The lowest BCUT2D eigenvalue weighted by Crippen LogP contribution is -2.51. The molecule has 0 spiro atoms. The van der Waals surface area contributed by atoms with Crippen molar-refractivity contribution in [2.75, 3.05) is 13.6 Å². The number of carbonyl (C=O) groups is 3. The molecule has 0 aliphatic heterocycles. The van der Waals surface area contributed by atoms with Crippen molar-refractivity contribution in [2.45, 2.75) is 72.0 Å². The summed E-state index contributed by atoms with van der Waals surface area (Å²) in [5.74, 6) is -0.646. The molecule has 0 saturated heterocycles. The van der Waals surface area contributed by atoms with Crippen LogP contribution in [0.2, 0.25) is 0 Å². The van der Waals surface area contributed by atoms with Gasteiger partial charge in [-0.1, -0.05) is 26.0 Å². The number of primary amides is 1. The largest absolute Gasteiger partial charge is 0.368 e. The molecular formula is C19H36N4O3. The number of allylic oxidation sites excluding steroid dienone is 1. The van der Waals surface area contributed by atoms with Crippen molar-refractivity contribution in [3.63, 3.8) is 0 Å². The second kappa shape index (κ2) is 10.4. The summed E-state index contributed by atoms with van der Waals surface area (Å²) in [5.41, 5.74) is 4.73. The zero-order valence-corrected chi connectivity index (χ0v) is 17.2. The van der Waals surface area contributed by atoms with Crippen molar-refractivity contribution in [3.05, 3.63) is 12.2 Å². The highest BCUT2D eigenvalue weighted by Crippen LogP contribution is 2.27. The number of ketones is 1. The van der Waals surface area contributed by atoms with Gasteiger partial charge in [-0.15, -0.1) is 0 Å². The number of carbonyl (C=O) groups excluding carboxylic acids is 3. The van der Waals surface area contributed by atoms with Gasteiger partial charge in [0.05, 0.1) is 12.1 Å². The highest BCUT2D eigenvalue weighted by molar-refractivity contribution is 5.87. The Hall–Kier alpha value is -1.73. The van der Waals surface area contributed by atoms with Crippen LogP contribution in [0.4, 0.5) is 0 Å². The molecule has 0 saturated carbocycles. The smallest absolute Gasteiger partial charge is 0.235 e. The average Bonchev–Trinajstić information content (AvgIpc) is 2.49. The van der Waals surface area contributed by atoms with E-state index >= 15 is 0 Å². The van der Waals surface area contributed by atoms with Crippen molar-refractivity contribution in [3.8, 4) is 0 Å². The Balaban J connectivity index is 4.68. The number of nitrogens with two attached hydrogens (primary N) is 1. The molecule has 2 unspecified atom stereocenters. The van der Waals surface area contributed by atoms with Gasteiger partial charge in [0.25, 0.3) is 0 Å². The third-order valence-corrected chi connectivity index (χ3v) is 4.45. The van der Waals surface area contributed by atoms with Crippen molar-refractivity contribution < 1.29 is 14.4 Å². The standard InChI is InChI=1S/C19H36N4O3/c1-13(24)16(23-14(2)25)18(3,4)10-8-9-11-19(5,6)22-12-15(21-7)17(20)26/h8-9,15-16,21-22H,10-12H2,1-7H3,(H2,20,26)(H,23,25)/b9-8-.